The van der Waals surface area contributed by atoms with Gasteiger partial charge in [0.2, 0.25) is 0 Å². The summed E-state index contributed by atoms with van der Waals surface area (Å²) >= 11 is 0. The van der Waals surface area contributed by atoms with Crippen LogP contribution in [0.5, 0.6) is 5.75 Å². The molecule has 15 heavy (non-hydrogen) atoms. The van der Waals surface area contributed by atoms with Crippen molar-refractivity contribution in [1.82, 2.24) is 0 Å². The van der Waals surface area contributed by atoms with Gasteiger partial charge in [-0.05, 0) is 18.2 Å². The van der Waals surface area contributed by atoms with E-state index in [0.717, 1.165) is 0 Å². The Bertz CT molecular complexity index is 399. The number of hydrogen-bond acceptors (Lipinski definition) is 3. The average molecular weight is 210 g/mol. The van der Waals surface area contributed by atoms with Gasteiger partial charge in [0.1, 0.15) is 11.6 Å². The molecule has 0 bridgehead atoms. The zero-order valence-corrected chi connectivity index (χ0v) is 8.54. The van der Waals surface area contributed by atoms with E-state index in [1.807, 2.05) is 0 Å². The summed E-state index contributed by atoms with van der Waals surface area (Å²) in [5.41, 5.74) is 0.359. The average Bonchev–Trinajstić information content (AvgIpc) is 2.27. The van der Waals surface area contributed by atoms with E-state index in [0.29, 0.717) is 11.3 Å². The van der Waals surface area contributed by atoms with Crippen LogP contribution in [-0.4, -0.2) is 20.2 Å². The van der Waals surface area contributed by atoms with E-state index >= 15 is 0 Å². The van der Waals surface area contributed by atoms with Crippen LogP contribution < -0.4 is 4.74 Å². The van der Waals surface area contributed by atoms with E-state index in [2.05, 4.69) is 11.3 Å². The second kappa shape index (κ2) is 4.59. The van der Waals surface area contributed by atoms with Gasteiger partial charge in [-0.25, -0.2) is 9.18 Å². The molecule has 4 heteroatoms. The summed E-state index contributed by atoms with van der Waals surface area (Å²) in [5.74, 6) is -0.693. The van der Waals surface area contributed by atoms with Crippen molar-refractivity contribution >= 4 is 11.5 Å². The first-order valence-electron chi connectivity index (χ1n) is 4.21. The Labute approximate surface area is 87.1 Å². The minimum Gasteiger partial charge on any atom is -0.496 e. The quantitative estimate of drug-likeness (QED) is 0.565. The largest absolute Gasteiger partial charge is 0.496 e. The fourth-order valence-electron chi connectivity index (χ4n) is 1.15. The molecule has 80 valence electrons. The maximum absolute atomic E-state index is 13.0. The third-order valence-corrected chi connectivity index (χ3v) is 1.92. The third-order valence-electron chi connectivity index (χ3n) is 1.92. The maximum Gasteiger partial charge on any atom is 0.337 e. The summed E-state index contributed by atoms with van der Waals surface area (Å²) in [7, 11) is 2.67. The van der Waals surface area contributed by atoms with Gasteiger partial charge in [0.05, 0.1) is 19.8 Å². The molecule has 0 atom stereocenters. The van der Waals surface area contributed by atoms with Gasteiger partial charge < -0.3 is 9.47 Å². The molecular formula is C11H11FO3. The molecule has 0 aliphatic rings. The van der Waals surface area contributed by atoms with Crippen molar-refractivity contribution in [2.45, 2.75) is 0 Å². The third kappa shape index (κ3) is 2.34. The van der Waals surface area contributed by atoms with Gasteiger partial charge in [0.15, 0.2) is 0 Å². The number of benzene rings is 1. The van der Waals surface area contributed by atoms with Crippen molar-refractivity contribution in [2.24, 2.45) is 0 Å². The van der Waals surface area contributed by atoms with Crippen LogP contribution in [-0.2, 0) is 9.53 Å². The molecule has 3 nitrogen and oxygen atoms in total. The number of carbonyl (C=O) groups excluding carboxylic acids is 1. The van der Waals surface area contributed by atoms with Crippen molar-refractivity contribution in [2.75, 3.05) is 14.2 Å². The molecule has 0 N–H and O–H groups in total. The number of esters is 1. The van der Waals surface area contributed by atoms with E-state index in [1.54, 1.807) is 0 Å². The topological polar surface area (TPSA) is 35.5 Å². The molecule has 1 aromatic rings. The fourth-order valence-corrected chi connectivity index (χ4v) is 1.15. The van der Waals surface area contributed by atoms with E-state index in [1.165, 1.54) is 32.4 Å². The predicted octanol–water partition coefficient (Wildman–Crippen LogP) is 2.02. The fraction of sp³-hybridized carbons (Fsp3) is 0.182. The van der Waals surface area contributed by atoms with Gasteiger partial charge in [-0.1, -0.05) is 6.58 Å². The maximum atomic E-state index is 13.0. The molecule has 0 aliphatic carbocycles. The highest BCUT2D eigenvalue weighted by Crippen LogP contribution is 2.26. The van der Waals surface area contributed by atoms with Crippen molar-refractivity contribution in [3.05, 3.63) is 36.2 Å². The van der Waals surface area contributed by atoms with Gasteiger partial charge in [-0.2, -0.15) is 0 Å². The van der Waals surface area contributed by atoms with Crippen LogP contribution in [0.3, 0.4) is 0 Å². The van der Waals surface area contributed by atoms with E-state index in [9.17, 15) is 9.18 Å². The first kappa shape index (κ1) is 11.2. The summed E-state index contributed by atoms with van der Waals surface area (Å²) in [5, 5.41) is 0. The Morgan fingerprint density at radius 1 is 1.40 bits per heavy atom. The van der Waals surface area contributed by atoms with Gasteiger partial charge in [-0.15, -0.1) is 0 Å². The molecule has 0 fully saturated rings. The highest BCUT2D eigenvalue weighted by molar-refractivity contribution is 6.16. The molecule has 1 rings (SSSR count). The highest BCUT2D eigenvalue weighted by atomic mass is 19.1. The molecule has 0 aromatic heterocycles. The van der Waals surface area contributed by atoms with Crippen LogP contribution >= 0.6 is 0 Å². The van der Waals surface area contributed by atoms with Gasteiger partial charge in [0.25, 0.3) is 0 Å². The lowest BCUT2D eigenvalue weighted by Gasteiger charge is -2.09. The summed E-state index contributed by atoms with van der Waals surface area (Å²) in [6.07, 6.45) is 0. The second-order valence-electron chi connectivity index (χ2n) is 2.81. The first-order chi connectivity index (χ1) is 7.10. The molecule has 0 spiro atoms. The molecule has 0 radical (unpaired) electrons. The summed E-state index contributed by atoms with van der Waals surface area (Å²) in [4.78, 5) is 11.2. The molecule has 0 heterocycles. The zero-order valence-electron chi connectivity index (χ0n) is 8.54. The molecule has 1 aromatic carbocycles. The van der Waals surface area contributed by atoms with Gasteiger partial charge in [-0.3, -0.25) is 0 Å². The Kier molecular flexibility index (Phi) is 3.44. The van der Waals surface area contributed by atoms with Crippen molar-refractivity contribution in [1.29, 1.82) is 0 Å². The van der Waals surface area contributed by atoms with E-state index < -0.39 is 11.8 Å². The zero-order chi connectivity index (χ0) is 11.4. The lowest BCUT2D eigenvalue weighted by Crippen LogP contribution is -2.04. The number of rotatable bonds is 3. The van der Waals surface area contributed by atoms with Crippen LogP contribution in [0.15, 0.2) is 24.8 Å². The van der Waals surface area contributed by atoms with Crippen LogP contribution in [0.25, 0.3) is 5.57 Å². The standard InChI is InChI=1S/C11H11FO3/c1-7(11(13)15-3)9-6-8(12)4-5-10(9)14-2/h4-6H,1H2,2-3H3. The molecule has 0 saturated heterocycles. The summed E-state index contributed by atoms with van der Waals surface area (Å²) in [6.45, 7) is 3.52. The van der Waals surface area contributed by atoms with Crippen LogP contribution in [0, 0.1) is 5.82 Å². The van der Waals surface area contributed by atoms with Crippen LogP contribution in [0.4, 0.5) is 4.39 Å². The minimum atomic E-state index is -0.612. The first-order valence-corrected chi connectivity index (χ1v) is 4.21. The van der Waals surface area contributed by atoms with Crippen LogP contribution in [0.1, 0.15) is 5.56 Å². The molecule has 0 amide bonds. The smallest absolute Gasteiger partial charge is 0.337 e. The predicted molar refractivity (Wildman–Crippen MR) is 54.0 cm³/mol. The Morgan fingerprint density at radius 3 is 2.60 bits per heavy atom. The Morgan fingerprint density at radius 2 is 2.07 bits per heavy atom. The SMILES string of the molecule is C=C(C(=O)OC)c1cc(F)ccc1OC. The monoisotopic (exact) mass is 210 g/mol. The van der Waals surface area contributed by atoms with Crippen LogP contribution in [0.2, 0.25) is 0 Å². The normalized spacial score (nSPS) is 9.53. The summed E-state index contributed by atoms with van der Waals surface area (Å²) in [6, 6.07) is 3.85. The van der Waals surface area contributed by atoms with Gasteiger partial charge in [0, 0.05) is 5.56 Å². The minimum absolute atomic E-state index is 0.0638. The van der Waals surface area contributed by atoms with E-state index in [-0.39, 0.29) is 5.57 Å². The Hall–Kier alpha value is -1.84. The number of methoxy groups -OCH3 is 2. The number of ether oxygens (including phenoxy) is 2. The second-order valence-corrected chi connectivity index (χ2v) is 2.81. The Balaban J connectivity index is 3.17. The van der Waals surface area contributed by atoms with E-state index in [4.69, 9.17) is 4.74 Å². The number of hydrogen-bond donors (Lipinski definition) is 0. The van der Waals surface area contributed by atoms with Crippen molar-refractivity contribution in [3.8, 4) is 5.75 Å². The number of carbonyl (C=O) groups is 1. The highest BCUT2D eigenvalue weighted by Gasteiger charge is 2.14. The van der Waals surface area contributed by atoms with Crippen molar-refractivity contribution in [3.63, 3.8) is 0 Å². The molecular weight excluding hydrogens is 199 g/mol. The summed E-state index contributed by atoms with van der Waals surface area (Å²) < 4.78 is 22.4. The lowest BCUT2D eigenvalue weighted by molar-refractivity contribution is -0.133. The number of halogens is 1. The molecule has 0 aliphatic heterocycles. The lowest BCUT2D eigenvalue weighted by atomic mass is 10.1. The molecule has 0 unspecified atom stereocenters. The van der Waals surface area contributed by atoms with Gasteiger partial charge >= 0.3 is 5.97 Å². The van der Waals surface area contributed by atoms with Crippen molar-refractivity contribution < 1.29 is 18.7 Å². The molecule has 0 saturated carbocycles.